The minimum absolute atomic E-state index is 0.166. The molecule has 100 valence electrons. The maximum Gasteiger partial charge on any atom is 0.259 e. The molecule has 2 aromatic carbocycles. The van der Waals surface area contributed by atoms with Crippen LogP contribution in [0, 0.1) is 0 Å². The molecule has 0 fully saturated rings. The van der Waals surface area contributed by atoms with E-state index in [9.17, 15) is 9.59 Å². The van der Waals surface area contributed by atoms with E-state index >= 15 is 0 Å². The summed E-state index contributed by atoms with van der Waals surface area (Å²) in [5.41, 5.74) is 1.97. The quantitative estimate of drug-likeness (QED) is 0.862. The van der Waals surface area contributed by atoms with Gasteiger partial charge in [-0.25, -0.2) is 0 Å². The maximum atomic E-state index is 12.7. The summed E-state index contributed by atoms with van der Waals surface area (Å²) in [7, 11) is 0. The maximum absolute atomic E-state index is 12.7. The number of carbonyl (C=O) groups is 2. The van der Waals surface area contributed by atoms with Crippen LogP contribution in [0.4, 0.5) is 11.4 Å². The Morgan fingerprint density at radius 2 is 1.70 bits per heavy atom. The van der Waals surface area contributed by atoms with Crippen LogP contribution in [-0.4, -0.2) is 17.9 Å². The lowest BCUT2D eigenvalue weighted by Crippen LogP contribution is -2.49. The lowest BCUT2D eigenvalue weighted by molar-refractivity contribution is -0.117. The van der Waals surface area contributed by atoms with Crippen molar-refractivity contribution in [1.29, 1.82) is 0 Å². The first-order valence-corrected chi connectivity index (χ1v) is 6.47. The van der Waals surface area contributed by atoms with E-state index < -0.39 is 6.04 Å². The number of nitrogens with zero attached hydrogens (tertiary/aromatic N) is 1. The Morgan fingerprint density at radius 3 is 2.45 bits per heavy atom. The van der Waals surface area contributed by atoms with Crippen molar-refractivity contribution in [3.05, 3.63) is 60.2 Å². The molecule has 1 heterocycles. The first kappa shape index (κ1) is 12.4. The Labute approximate surface area is 117 Å². The average Bonchev–Trinajstić information content (AvgIpc) is 2.49. The molecule has 4 nitrogen and oxygen atoms in total. The van der Waals surface area contributed by atoms with Crippen molar-refractivity contribution in [2.24, 2.45) is 0 Å². The van der Waals surface area contributed by atoms with Gasteiger partial charge in [-0.3, -0.25) is 14.5 Å². The van der Waals surface area contributed by atoms with Crippen LogP contribution in [0.25, 0.3) is 0 Å². The van der Waals surface area contributed by atoms with Crippen LogP contribution in [0.1, 0.15) is 17.3 Å². The Hall–Kier alpha value is -2.62. The Morgan fingerprint density at radius 1 is 1.05 bits per heavy atom. The van der Waals surface area contributed by atoms with Crippen molar-refractivity contribution < 1.29 is 9.59 Å². The number of para-hydroxylation sites is 2. The minimum atomic E-state index is -0.530. The second kappa shape index (κ2) is 4.81. The second-order valence-corrected chi connectivity index (χ2v) is 4.72. The highest BCUT2D eigenvalue weighted by molar-refractivity contribution is 6.16. The highest BCUT2D eigenvalue weighted by Gasteiger charge is 2.33. The Balaban J connectivity index is 2.08. The highest BCUT2D eigenvalue weighted by Crippen LogP contribution is 2.32. The van der Waals surface area contributed by atoms with Gasteiger partial charge in [-0.2, -0.15) is 0 Å². The number of hydrogen-bond donors (Lipinski definition) is 1. The van der Waals surface area contributed by atoms with Crippen molar-refractivity contribution in [2.45, 2.75) is 13.0 Å². The summed E-state index contributed by atoms with van der Waals surface area (Å²) in [6.45, 7) is 1.73. The van der Waals surface area contributed by atoms with E-state index in [4.69, 9.17) is 0 Å². The number of amides is 2. The molecule has 20 heavy (non-hydrogen) atoms. The molecule has 0 saturated carbocycles. The van der Waals surface area contributed by atoms with E-state index in [0.29, 0.717) is 11.3 Å². The molecule has 0 aliphatic carbocycles. The molecule has 0 bridgehead atoms. The molecule has 2 aromatic rings. The summed E-state index contributed by atoms with van der Waals surface area (Å²) in [6, 6.07) is 15.8. The first-order valence-electron chi connectivity index (χ1n) is 6.47. The van der Waals surface area contributed by atoms with Crippen LogP contribution in [0.15, 0.2) is 54.6 Å². The zero-order chi connectivity index (χ0) is 14.1. The smallest absolute Gasteiger partial charge is 0.259 e. The fraction of sp³-hybridized carbons (Fsp3) is 0.125. The summed E-state index contributed by atoms with van der Waals surface area (Å²) in [5.74, 6) is -0.339. The van der Waals surface area contributed by atoms with Crippen molar-refractivity contribution in [3.63, 3.8) is 0 Å². The molecular formula is C16H14N2O2. The van der Waals surface area contributed by atoms with E-state index in [0.717, 1.165) is 5.69 Å². The van der Waals surface area contributed by atoms with Gasteiger partial charge in [0, 0.05) is 5.56 Å². The van der Waals surface area contributed by atoms with Gasteiger partial charge in [0.05, 0.1) is 11.4 Å². The molecule has 0 aromatic heterocycles. The first-order chi connectivity index (χ1) is 9.68. The lowest BCUT2D eigenvalue weighted by atomic mass is 10.1. The van der Waals surface area contributed by atoms with Crippen LogP contribution in [0.3, 0.4) is 0 Å². The topological polar surface area (TPSA) is 49.4 Å². The standard InChI is InChI=1S/C16H14N2O2/c1-11-15(19)17-13-9-5-6-10-14(13)18(11)16(20)12-7-3-2-4-8-12/h2-11H,1H3,(H,17,19)/t11-/m0/s1. The van der Waals surface area contributed by atoms with Gasteiger partial charge in [0.25, 0.3) is 5.91 Å². The van der Waals surface area contributed by atoms with Crippen molar-refractivity contribution in [2.75, 3.05) is 10.2 Å². The number of rotatable bonds is 1. The zero-order valence-electron chi connectivity index (χ0n) is 11.0. The highest BCUT2D eigenvalue weighted by atomic mass is 16.2. The van der Waals surface area contributed by atoms with Crippen LogP contribution in [-0.2, 0) is 4.79 Å². The van der Waals surface area contributed by atoms with Crippen LogP contribution < -0.4 is 10.2 Å². The van der Waals surface area contributed by atoms with Crippen LogP contribution in [0.2, 0.25) is 0 Å². The second-order valence-electron chi connectivity index (χ2n) is 4.72. The molecule has 3 rings (SSSR count). The molecule has 1 aliphatic heterocycles. The monoisotopic (exact) mass is 266 g/mol. The molecule has 1 atom stereocenters. The Kier molecular flexibility index (Phi) is 2.99. The number of fused-ring (bicyclic) bond motifs is 1. The number of anilines is 2. The number of benzene rings is 2. The molecule has 4 heteroatoms. The molecule has 0 unspecified atom stereocenters. The van der Waals surface area contributed by atoms with Gasteiger partial charge >= 0.3 is 0 Å². The van der Waals surface area contributed by atoms with Gasteiger partial charge in [-0.1, -0.05) is 30.3 Å². The van der Waals surface area contributed by atoms with Gasteiger partial charge in [0.1, 0.15) is 6.04 Å². The van der Waals surface area contributed by atoms with E-state index in [1.165, 1.54) is 0 Å². The van der Waals surface area contributed by atoms with E-state index in [1.807, 2.05) is 36.4 Å². The Bertz CT molecular complexity index is 667. The summed E-state index contributed by atoms with van der Waals surface area (Å²) in [4.78, 5) is 26.2. The third-order valence-corrected chi connectivity index (χ3v) is 3.43. The van der Waals surface area contributed by atoms with Gasteiger partial charge < -0.3 is 5.32 Å². The van der Waals surface area contributed by atoms with E-state index in [-0.39, 0.29) is 11.8 Å². The normalized spacial score (nSPS) is 17.4. The van der Waals surface area contributed by atoms with Gasteiger partial charge in [0.2, 0.25) is 5.91 Å². The fourth-order valence-electron chi connectivity index (χ4n) is 2.36. The van der Waals surface area contributed by atoms with Crippen molar-refractivity contribution in [3.8, 4) is 0 Å². The van der Waals surface area contributed by atoms with Crippen molar-refractivity contribution >= 4 is 23.2 Å². The molecule has 2 amide bonds. The largest absolute Gasteiger partial charge is 0.322 e. The van der Waals surface area contributed by atoms with Crippen LogP contribution in [0.5, 0.6) is 0 Å². The number of nitrogens with one attached hydrogen (secondary N) is 1. The average molecular weight is 266 g/mol. The number of carbonyl (C=O) groups excluding carboxylic acids is 2. The van der Waals surface area contributed by atoms with E-state index in [1.54, 1.807) is 30.0 Å². The zero-order valence-corrected chi connectivity index (χ0v) is 11.0. The minimum Gasteiger partial charge on any atom is -0.322 e. The van der Waals surface area contributed by atoms with E-state index in [2.05, 4.69) is 5.32 Å². The summed E-state index contributed by atoms with van der Waals surface area (Å²) < 4.78 is 0. The summed E-state index contributed by atoms with van der Waals surface area (Å²) >= 11 is 0. The van der Waals surface area contributed by atoms with Crippen molar-refractivity contribution in [1.82, 2.24) is 0 Å². The molecule has 0 spiro atoms. The van der Waals surface area contributed by atoms with Gasteiger partial charge in [-0.05, 0) is 31.2 Å². The SMILES string of the molecule is C[C@H]1C(=O)Nc2ccccc2N1C(=O)c1ccccc1. The molecule has 1 N–H and O–H groups in total. The summed E-state index contributed by atoms with van der Waals surface area (Å²) in [5, 5.41) is 2.81. The molecule has 0 radical (unpaired) electrons. The summed E-state index contributed by atoms with van der Waals surface area (Å²) in [6.07, 6.45) is 0. The molecule has 0 saturated heterocycles. The molecule has 1 aliphatic rings. The van der Waals surface area contributed by atoms with Gasteiger partial charge in [0.15, 0.2) is 0 Å². The predicted molar refractivity (Wildman–Crippen MR) is 77.8 cm³/mol. The lowest BCUT2D eigenvalue weighted by Gasteiger charge is -2.34. The molecular weight excluding hydrogens is 252 g/mol. The van der Waals surface area contributed by atoms with Crippen LogP contribution >= 0.6 is 0 Å². The third kappa shape index (κ3) is 1.95. The number of hydrogen-bond acceptors (Lipinski definition) is 2. The predicted octanol–water partition coefficient (Wildman–Crippen LogP) is 2.67. The van der Waals surface area contributed by atoms with Gasteiger partial charge in [-0.15, -0.1) is 0 Å². The fourth-order valence-corrected chi connectivity index (χ4v) is 2.36. The third-order valence-electron chi connectivity index (χ3n) is 3.43.